The summed E-state index contributed by atoms with van der Waals surface area (Å²) in [6.45, 7) is 1.91. The maximum absolute atomic E-state index is 12.9. The summed E-state index contributed by atoms with van der Waals surface area (Å²) in [5.74, 6) is -0.453. The highest BCUT2D eigenvalue weighted by atomic mass is 32.1. The lowest BCUT2D eigenvalue weighted by molar-refractivity contribution is -0.123. The van der Waals surface area contributed by atoms with E-state index in [0.29, 0.717) is 11.3 Å². The predicted octanol–water partition coefficient (Wildman–Crippen LogP) is 3.36. The number of hydrogen-bond acceptors (Lipinski definition) is 4. The van der Waals surface area contributed by atoms with Gasteiger partial charge in [-0.3, -0.25) is 14.6 Å². The number of rotatable bonds is 7. The molecule has 3 aromatic rings. The Kier molecular flexibility index (Phi) is 6.33. The molecule has 0 aliphatic rings. The number of aromatic nitrogens is 1. The minimum Gasteiger partial charge on any atom is -0.348 e. The first kappa shape index (κ1) is 18.8. The van der Waals surface area contributed by atoms with Crippen molar-refractivity contribution < 1.29 is 9.59 Å². The van der Waals surface area contributed by atoms with Crippen LogP contribution in [0.1, 0.15) is 33.8 Å². The smallest absolute Gasteiger partial charge is 0.262 e. The molecule has 2 amide bonds. The molecule has 0 bridgehead atoms. The van der Waals surface area contributed by atoms with Crippen LogP contribution in [0.3, 0.4) is 0 Å². The zero-order chi connectivity index (χ0) is 19.1. The molecule has 2 atom stereocenters. The molecule has 0 aliphatic carbocycles. The van der Waals surface area contributed by atoms with E-state index in [1.54, 1.807) is 18.5 Å². The summed E-state index contributed by atoms with van der Waals surface area (Å²) >= 11 is 1.35. The molecule has 0 radical (unpaired) electrons. The number of nitrogens with one attached hydrogen (secondary N) is 2. The summed E-state index contributed by atoms with van der Waals surface area (Å²) < 4.78 is 0. The fourth-order valence-corrected chi connectivity index (χ4v) is 3.37. The Hall–Kier alpha value is -2.99. The van der Waals surface area contributed by atoms with E-state index in [1.165, 1.54) is 11.3 Å². The van der Waals surface area contributed by atoms with Crippen molar-refractivity contribution in [2.24, 2.45) is 0 Å². The normalized spacial score (nSPS) is 12.8. The van der Waals surface area contributed by atoms with Crippen LogP contribution < -0.4 is 10.6 Å². The van der Waals surface area contributed by atoms with Gasteiger partial charge >= 0.3 is 0 Å². The van der Waals surface area contributed by atoms with Crippen LogP contribution >= 0.6 is 11.3 Å². The van der Waals surface area contributed by atoms with Crippen molar-refractivity contribution in [3.8, 4) is 0 Å². The minimum atomic E-state index is -0.661. The summed E-state index contributed by atoms with van der Waals surface area (Å²) in [7, 11) is 0. The molecule has 0 saturated heterocycles. The number of thiophene rings is 1. The van der Waals surface area contributed by atoms with Gasteiger partial charge < -0.3 is 10.6 Å². The monoisotopic (exact) mass is 379 g/mol. The van der Waals surface area contributed by atoms with E-state index in [2.05, 4.69) is 15.6 Å². The number of benzene rings is 1. The molecule has 2 N–H and O–H groups in total. The molecule has 0 saturated carbocycles. The number of nitrogens with zero attached hydrogens (tertiary/aromatic N) is 1. The second-order valence-electron chi connectivity index (χ2n) is 6.20. The van der Waals surface area contributed by atoms with Crippen LogP contribution in [0.25, 0.3) is 0 Å². The van der Waals surface area contributed by atoms with Gasteiger partial charge in [-0.1, -0.05) is 36.4 Å². The maximum atomic E-state index is 12.9. The van der Waals surface area contributed by atoms with Crippen molar-refractivity contribution in [2.75, 3.05) is 0 Å². The molecular weight excluding hydrogens is 358 g/mol. The predicted molar refractivity (Wildman–Crippen MR) is 107 cm³/mol. The van der Waals surface area contributed by atoms with Crippen LogP contribution in [0.4, 0.5) is 0 Å². The number of amides is 2. The zero-order valence-corrected chi connectivity index (χ0v) is 15.8. The molecule has 138 valence electrons. The van der Waals surface area contributed by atoms with Crippen molar-refractivity contribution >= 4 is 23.2 Å². The van der Waals surface area contributed by atoms with Crippen molar-refractivity contribution in [1.82, 2.24) is 15.6 Å². The first-order chi connectivity index (χ1) is 13.1. The van der Waals surface area contributed by atoms with Gasteiger partial charge in [0.15, 0.2) is 0 Å². The lowest BCUT2D eigenvalue weighted by Crippen LogP contribution is -2.48. The molecular formula is C21H21N3O2S. The van der Waals surface area contributed by atoms with Gasteiger partial charge in [0, 0.05) is 18.8 Å². The lowest BCUT2D eigenvalue weighted by atomic mass is 10.0. The fraction of sp³-hybridized carbons (Fsp3) is 0.190. The first-order valence-electron chi connectivity index (χ1n) is 8.72. The summed E-state index contributed by atoms with van der Waals surface area (Å²) in [4.78, 5) is 30.0. The highest BCUT2D eigenvalue weighted by molar-refractivity contribution is 7.12. The van der Waals surface area contributed by atoms with E-state index in [0.717, 1.165) is 11.1 Å². The Bertz CT molecular complexity index is 867. The minimum absolute atomic E-state index is 0.183. The topological polar surface area (TPSA) is 71.1 Å². The molecule has 3 rings (SSSR count). The largest absolute Gasteiger partial charge is 0.348 e. The van der Waals surface area contributed by atoms with Crippen LogP contribution in [0.15, 0.2) is 72.4 Å². The molecule has 6 heteroatoms. The summed E-state index contributed by atoms with van der Waals surface area (Å²) in [6.07, 6.45) is 3.81. The van der Waals surface area contributed by atoms with Crippen LogP contribution in [0.2, 0.25) is 0 Å². The Balaban J connectivity index is 1.73. The van der Waals surface area contributed by atoms with E-state index in [9.17, 15) is 9.59 Å². The van der Waals surface area contributed by atoms with Crippen LogP contribution in [0.5, 0.6) is 0 Å². The molecule has 2 heterocycles. The van der Waals surface area contributed by atoms with Crippen molar-refractivity contribution in [3.05, 3.63) is 88.4 Å². The molecule has 2 aromatic heterocycles. The Morgan fingerprint density at radius 1 is 1.00 bits per heavy atom. The van der Waals surface area contributed by atoms with E-state index in [4.69, 9.17) is 0 Å². The molecule has 27 heavy (non-hydrogen) atoms. The van der Waals surface area contributed by atoms with Crippen LogP contribution in [0, 0.1) is 0 Å². The average molecular weight is 379 g/mol. The van der Waals surface area contributed by atoms with Crippen LogP contribution in [-0.4, -0.2) is 22.8 Å². The molecule has 5 nitrogen and oxygen atoms in total. The van der Waals surface area contributed by atoms with Gasteiger partial charge in [-0.2, -0.15) is 0 Å². The standard InChI is InChI=1S/C21H21N3O2S/c1-15(17-9-11-22-12-10-17)23-20(25)18(14-16-6-3-2-4-7-16)24-21(26)19-8-5-13-27-19/h2-13,15,18H,14H2,1H3,(H,23,25)(H,24,26). The first-order valence-corrected chi connectivity index (χ1v) is 9.60. The van der Waals surface area contributed by atoms with Gasteiger partial charge in [0.2, 0.25) is 5.91 Å². The van der Waals surface area contributed by atoms with Crippen molar-refractivity contribution in [2.45, 2.75) is 25.4 Å². The Morgan fingerprint density at radius 3 is 2.41 bits per heavy atom. The third kappa shape index (κ3) is 5.24. The SMILES string of the molecule is CC(NC(=O)C(Cc1ccccc1)NC(=O)c1cccs1)c1ccncc1. The number of hydrogen-bond donors (Lipinski definition) is 2. The summed E-state index contributed by atoms with van der Waals surface area (Å²) in [6, 6.07) is 16.1. The van der Waals surface area contributed by atoms with Gasteiger partial charge in [0.1, 0.15) is 6.04 Å². The number of carbonyl (C=O) groups is 2. The quantitative estimate of drug-likeness (QED) is 0.661. The van der Waals surface area contributed by atoms with E-state index in [-0.39, 0.29) is 17.9 Å². The van der Waals surface area contributed by atoms with Crippen LogP contribution in [-0.2, 0) is 11.2 Å². The third-order valence-electron chi connectivity index (χ3n) is 4.21. The van der Waals surface area contributed by atoms with Gasteiger partial charge in [-0.05, 0) is 41.6 Å². The van der Waals surface area contributed by atoms with E-state index in [1.807, 2.05) is 60.8 Å². The van der Waals surface area contributed by atoms with E-state index < -0.39 is 6.04 Å². The maximum Gasteiger partial charge on any atom is 0.262 e. The third-order valence-corrected chi connectivity index (χ3v) is 5.08. The molecule has 0 aliphatic heterocycles. The second-order valence-corrected chi connectivity index (χ2v) is 7.15. The molecule has 1 aromatic carbocycles. The highest BCUT2D eigenvalue weighted by Gasteiger charge is 2.23. The summed E-state index contributed by atoms with van der Waals surface area (Å²) in [5, 5.41) is 7.70. The second kappa shape index (κ2) is 9.09. The molecule has 0 spiro atoms. The lowest BCUT2D eigenvalue weighted by Gasteiger charge is -2.21. The number of carbonyl (C=O) groups excluding carboxylic acids is 2. The Morgan fingerprint density at radius 2 is 1.74 bits per heavy atom. The average Bonchev–Trinajstić information content (AvgIpc) is 3.24. The van der Waals surface area contributed by atoms with Crippen molar-refractivity contribution in [1.29, 1.82) is 0 Å². The Labute approximate surface area is 162 Å². The highest BCUT2D eigenvalue weighted by Crippen LogP contribution is 2.13. The van der Waals surface area contributed by atoms with Gasteiger partial charge in [-0.15, -0.1) is 11.3 Å². The van der Waals surface area contributed by atoms with Gasteiger partial charge in [0.05, 0.1) is 10.9 Å². The molecule has 0 fully saturated rings. The fourth-order valence-electron chi connectivity index (χ4n) is 2.75. The zero-order valence-electron chi connectivity index (χ0n) is 15.0. The molecule has 2 unspecified atom stereocenters. The van der Waals surface area contributed by atoms with Gasteiger partial charge in [-0.25, -0.2) is 0 Å². The number of pyridine rings is 1. The summed E-state index contributed by atoms with van der Waals surface area (Å²) in [5.41, 5.74) is 1.95. The van der Waals surface area contributed by atoms with Gasteiger partial charge in [0.25, 0.3) is 5.91 Å². The van der Waals surface area contributed by atoms with Crippen molar-refractivity contribution in [3.63, 3.8) is 0 Å². The van der Waals surface area contributed by atoms with E-state index >= 15 is 0 Å².